The van der Waals surface area contributed by atoms with Crippen molar-refractivity contribution in [3.63, 3.8) is 0 Å². The summed E-state index contributed by atoms with van der Waals surface area (Å²) in [6.45, 7) is 7.28. The van der Waals surface area contributed by atoms with E-state index in [0.29, 0.717) is 6.54 Å². The van der Waals surface area contributed by atoms with E-state index in [1.807, 2.05) is 25.2 Å². The number of aryl methyl sites for hydroxylation is 1. The Labute approximate surface area is 90.0 Å². The van der Waals surface area contributed by atoms with Gasteiger partial charge in [-0.25, -0.2) is 0 Å². The maximum absolute atomic E-state index is 9.49. The lowest BCUT2D eigenvalue weighted by atomic mass is 10.1. The predicted octanol–water partition coefficient (Wildman–Crippen LogP) is 2.17. The Morgan fingerprint density at radius 1 is 1.36 bits per heavy atom. The fourth-order valence-electron chi connectivity index (χ4n) is 1.20. The summed E-state index contributed by atoms with van der Waals surface area (Å²) in [7, 11) is 0. The molecule has 1 rings (SSSR count). The molecule has 0 amide bonds. The van der Waals surface area contributed by atoms with Gasteiger partial charge in [0.25, 0.3) is 0 Å². The minimum atomic E-state index is -0.620. The van der Waals surface area contributed by atoms with Crippen LogP contribution in [0.3, 0.4) is 0 Å². The van der Waals surface area contributed by atoms with Crippen molar-refractivity contribution in [2.24, 2.45) is 0 Å². The number of aliphatic hydroxyl groups is 1. The van der Waals surface area contributed by atoms with Crippen LogP contribution in [0, 0.1) is 0 Å². The molecule has 0 aliphatic heterocycles. The van der Waals surface area contributed by atoms with Crippen LogP contribution in [0.4, 0.5) is 0 Å². The van der Waals surface area contributed by atoms with Crippen molar-refractivity contribution < 1.29 is 5.11 Å². The van der Waals surface area contributed by atoms with E-state index in [1.54, 1.807) is 0 Å². The molecule has 0 radical (unpaired) electrons. The Kier molecular flexibility index (Phi) is 4.11. The van der Waals surface area contributed by atoms with E-state index in [2.05, 4.69) is 24.4 Å². The van der Waals surface area contributed by atoms with E-state index < -0.39 is 5.60 Å². The maximum Gasteiger partial charge on any atom is 0.0715 e. The van der Waals surface area contributed by atoms with E-state index in [1.165, 1.54) is 9.75 Å². The van der Waals surface area contributed by atoms with E-state index in [4.69, 9.17) is 0 Å². The number of rotatable bonds is 5. The average molecular weight is 213 g/mol. The Morgan fingerprint density at radius 3 is 2.50 bits per heavy atom. The van der Waals surface area contributed by atoms with Crippen LogP contribution in [0.15, 0.2) is 12.1 Å². The molecular weight excluding hydrogens is 194 g/mol. The largest absolute Gasteiger partial charge is 0.389 e. The fraction of sp³-hybridized carbons (Fsp3) is 0.636. The van der Waals surface area contributed by atoms with E-state index in [9.17, 15) is 5.11 Å². The van der Waals surface area contributed by atoms with E-state index in [0.717, 1.165) is 13.0 Å². The number of nitrogens with one attached hydrogen (secondary N) is 1. The van der Waals surface area contributed by atoms with Gasteiger partial charge in [0.05, 0.1) is 5.60 Å². The molecule has 0 bridgehead atoms. The number of hydrogen-bond donors (Lipinski definition) is 2. The molecule has 3 heteroatoms. The molecule has 0 atom stereocenters. The third-order valence-corrected chi connectivity index (χ3v) is 3.15. The van der Waals surface area contributed by atoms with Crippen molar-refractivity contribution in [1.82, 2.24) is 5.32 Å². The summed E-state index contributed by atoms with van der Waals surface area (Å²) >= 11 is 1.84. The molecule has 0 aliphatic carbocycles. The molecule has 0 aliphatic rings. The van der Waals surface area contributed by atoms with Crippen LogP contribution in [0.5, 0.6) is 0 Å². The van der Waals surface area contributed by atoms with Crippen LogP contribution in [-0.4, -0.2) is 17.3 Å². The van der Waals surface area contributed by atoms with Gasteiger partial charge >= 0.3 is 0 Å². The van der Waals surface area contributed by atoms with Crippen molar-refractivity contribution in [2.75, 3.05) is 6.54 Å². The summed E-state index contributed by atoms with van der Waals surface area (Å²) < 4.78 is 0. The Bertz CT molecular complexity index is 275. The SMILES string of the molecule is CCc1ccc(CNCC(C)(C)O)s1. The summed E-state index contributed by atoms with van der Waals surface area (Å²) in [4.78, 5) is 2.76. The maximum atomic E-state index is 9.49. The smallest absolute Gasteiger partial charge is 0.0715 e. The summed E-state index contributed by atoms with van der Waals surface area (Å²) in [5.74, 6) is 0. The molecule has 0 saturated heterocycles. The van der Waals surface area contributed by atoms with Crippen LogP contribution in [0.1, 0.15) is 30.5 Å². The summed E-state index contributed by atoms with van der Waals surface area (Å²) in [5, 5.41) is 12.7. The molecule has 1 heterocycles. The number of hydrogen-bond acceptors (Lipinski definition) is 3. The Morgan fingerprint density at radius 2 is 2.00 bits per heavy atom. The van der Waals surface area contributed by atoms with Crippen molar-refractivity contribution >= 4 is 11.3 Å². The van der Waals surface area contributed by atoms with Gasteiger partial charge in [-0.15, -0.1) is 11.3 Å². The highest BCUT2D eigenvalue weighted by Crippen LogP contribution is 2.16. The predicted molar refractivity (Wildman–Crippen MR) is 61.7 cm³/mol. The number of thiophene rings is 1. The molecule has 0 spiro atoms. The first-order valence-electron chi connectivity index (χ1n) is 5.02. The Balaban J connectivity index is 2.31. The zero-order valence-corrected chi connectivity index (χ0v) is 9.95. The first kappa shape index (κ1) is 11.7. The van der Waals surface area contributed by atoms with Crippen molar-refractivity contribution in [3.05, 3.63) is 21.9 Å². The van der Waals surface area contributed by atoms with Crippen LogP contribution >= 0.6 is 11.3 Å². The van der Waals surface area contributed by atoms with E-state index >= 15 is 0 Å². The molecule has 0 fully saturated rings. The van der Waals surface area contributed by atoms with Crippen LogP contribution in [0.25, 0.3) is 0 Å². The molecule has 14 heavy (non-hydrogen) atoms. The van der Waals surface area contributed by atoms with Gasteiger partial charge in [0.2, 0.25) is 0 Å². The lowest BCUT2D eigenvalue weighted by molar-refractivity contribution is 0.0796. The summed E-state index contributed by atoms with van der Waals surface area (Å²) in [6, 6.07) is 4.33. The summed E-state index contributed by atoms with van der Waals surface area (Å²) in [6.07, 6.45) is 1.11. The normalized spacial score (nSPS) is 12.0. The zero-order valence-electron chi connectivity index (χ0n) is 9.13. The van der Waals surface area contributed by atoms with Gasteiger partial charge < -0.3 is 10.4 Å². The van der Waals surface area contributed by atoms with E-state index in [-0.39, 0.29) is 0 Å². The van der Waals surface area contributed by atoms with Crippen LogP contribution < -0.4 is 5.32 Å². The first-order valence-corrected chi connectivity index (χ1v) is 5.83. The zero-order chi connectivity index (χ0) is 10.6. The van der Waals surface area contributed by atoms with Crippen molar-refractivity contribution in [1.29, 1.82) is 0 Å². The highest BCUT2D eigenvalue weighted by molar-refractivity contribution is 7.11. The fourth-order valence-corrected chi connectivity index (χ4v) is 2.13. The second-order valence-electron chi connectivity index (χ2n) is 4.14. The lowest BCUT2D eigenvalue weighted by Gasteiger charge is -2.17. The van der Waals surface area contributed by atoms with Gasteiger partial charge in [-0.3, -0.25) is 0 Å². The standard InChI is InChI=1S/C11H19NOS/c1-4-9-5-6-10(14-9)7-12-8-11(2,3)13/h5-6,12-13H,4,7-8H2,1-3H3. The van der Waals surface area contributed by atoms with Crippen LogP contribution in [-0.2, 0) is 13.0 Å². The molecule has 0 aromatic carbocycles. The minimum Gasteiger partial charge on any atom is -0.389 e. The molecule has 80 valence electrons. The van der Waals surface area contributed by atoms with Gasteiger partial charge in [0.15, 0.2) is 0 Å². The monoisotopic (exact) mass is 213 g/mol. The molecule has 2 nitrogen and oxygen atoms in total. The van der Waals surface area contributed by atoms with Gasteiger partial charge in [-0.2, -0.15) is 0 Å². The molecule has 1 aromatic rings. The summed E-state index contributed by atoms with van der Waals surface area (Å²) in [5.41, 5.74) is -0.620. The molecule has 1 aromatic heterocycles. The first-order chi connectivity index (χ1) is 6.51. The minimum absolute atomic E-state index is 0.620. The third-order valence-electron chi connectivity index (χ3n) is 1.92. The highest BCUT2D eigenvalue weighted by atomic mass is 32.1. The molecular formula is C11H19NOS. The van der Waals surface area contributed by atoms with Crippen LogP contribution in [0.2, 0.25) is 0 Å². The van der Waals surface area contributed by atoms with Crippen molar-refractivity contribution in [3.8, 4) is 0 Å². The Hall–Kier alpha value is -0.380. The quantitative estimate of drug-likeness (QED) is 0.785. The second-order valence-corrected chi connectivity index (χ2v) is 5.39. The second kappa shape index (κ2) is 4.91. The highest BCUT2D eigenvalue weighted by Gasteiger charge is 2.11. The van der Waals surface area contributed by atoms with Crippen molar-refractivity contribution in [2.45, 2.75) is 39.3 Å². The van der Waals surface area contributed by atoms with Gasteiger partial charge in [0.1, 0.15) is 0 Å². The molecule has 0 saturated carbocycles. The van der Waals surface area contributed by atoms with Gasteiger partial charge in [-0.1, -0.05) is 6.92 Å². The van der Waals surface area contributed by atoms with Gasteiger partial charge in [-0.05, 0) is 32.4 Å². The lowest BCUT2D eigenvalue weighted by Crippen LogP contribution is -2.34. The molecule has 0 unspecified atom stereocenters. The third kappa shape index (κ3) is 4.22. The molecule has 2 N–H and O–H groups in total. The van der Waals surface area contributed by atoms with Gasteiger partial charge in [0, 0.05) is 22.8 Å². The average Bonchev–Trinajstić information content (AvgIpc) is 2.50. The topological polar surface area (TPSA) is 32.3 Å².